The molecule has 0 bridgehead atoms. The second-order valence-corrected chi connectivity index (χ2v) is 7.17. The number of amides is 1. The molecule has 1 aliphatic heterocycles. The molecule has 1 aliphatic rings. The van der Waals surface area contributed by atoms with Gasteiger partial charge in [0.2, 0.25) is 5.91 Å². The summed E-state index contributed by atoms with van der Waals surface area (Å²) in [6.45, 7) is 9.86. The molecule has 1 aromatic heterocycles. The first kappa shape index (κ1) is 18.9. The molecule has 24 heavy (non-hydrogen) atoms. The number of nitrogens with zero attached hydrogens (tertiary/aromatic N) is 1. The van der Waals surface area contributed by atoms with Crippen molar-refractivity contribution in [1.29, 1.82) is 0 Å². The molecule has 134 valence electrons. The summed E-state index contributed by atoms with van der Waals surface area (Å²) in [4.78, 5) is 27.6. The third kappa shape index (κ3) is 5.03. The second-order valence-electron chi connectivity index (χ2n) is 6.03. The van der Waals surface area contributed by atoms with Crippen molar-refractivity contribution in [3.05, 3.63) is 16.5 Å². The first-order valence-electron chi connectivity index (χ1n) is 8.40. The molecule has 0 spiro atoms. The zero-order chi connectivity index (χ0) is 17.7. The molecular weight excluding hydrogens is 328 g/mol. The van der Waals surface area contributed by atoms with E-state index in [-0.39, 0.29) is 18.1 Å². The van der Waals surface area contributed by atoms with Gasteiger partial charge in [0.1, 0.15) is 5.00 Å². The van der Waals surface area contributed by atoms with Crippen LogP contribution in [0.2, 0.25) is 0 Å². The number of hydrogen-bond acceptors (Lipinski definition) is 6. The average molecular weight is 354 g/mol. The maximum absolute atomic E-state index is 12.4. The summed E-state index contributed by atoms with van der Waals surface area (Å²) < 4.78 is 10.8. The van der Waals surface area contributed by atoms with Gasteiger partial charge in [-0.3, -0.25) is 9.69 Å². The van der Waals surface area contributed by atoms with Crippen LogP contribution in [0.3, 0.4) is 0 Å². The summed E-state index contributed by atoms with van der Waals surface area (Å²) in [5, 5.41) is 3.45. The zero-order valence-electron chi connectivity index (χ0n) is 14.8. The number of morpholine rings is 1. The van der Waals surface area contributed by atoms with Gasteiger partial charge in [-0.2, -0.15) is 0 Å². The SMILES string of the molecule is CCOC(=O)c1cc(CC)sc1NC(=O)CN1C[C@@H](C)O[C@H](C)C1. The highest BCUT2D eigenvalue weighted by Gasteiger charge is 2.25. The van der Waals surface area contributed by atoms with Crippen molar-refractivity contribution >= 4 is 28.2 Å². The summed E-state index contributed by atoms with van der Waals surface area (Å²) in [6.07, 6.45) is 1.04. The van der Waals surface area contributed by atoms with E-state index in [0.717, 1.165) is 24.4 Å². The molecule has 7 heteroatoms. The number of rotatable bonds is 6. The summed E-state index contributed by atoms with van der Waals surface area (Å²) in [7, 11) is 0. The fourth-order valence-electron chi connectivity index (χ4n) is 2.85. The van der Waals surface area contributed by atoms with Gasteiger partial charge in [-0.25, -0.2) is 4.79 Å². The number of carbonyl (C=O) groups excluding carboxylic acids is 2. The minimum absolute atomic E-state index is 0.116. The van der Waals surface area contributed by atoms with E-state index in [1.54, 1.807) is 13.0 Å². The Labute approximate surface area is 147 Å². The Hall–Kier alpha value is -1.44. The number of ether oxygens (including phenoxy) is 2. The van der Waals surface area contributed by atoms with Gasteiger partial charge in [-0.05, 0) is 33.3 Å². The van der Waals surface area contributed by atoms with Gasteiger partial charge in [-0.15, -0.1) is 11.3 Å². The molecule has 2 atom stereocenters. The molecule has 1 fully saturated rings. The number of nitrogens with one attached hydrogen (secondary N) is 1. The van der Waals surface area contributed by atoms with Gasteiger partial charge in [0.25, 0.3) is 0 Å². The van der Waals surface area contributed by atoms with E-state index in [0.29, 0.717) is 23.7 Å². The van der Waals surface area contributed by atoms with Crippen LogP contribution in [0.15, 0.2) is 6.07 Å². The molecule has 0 unspecified atom stereocenters. The van der Waals surface area contributed by atoms with Crippen molar-refractivity contribution in [1.82, 2.24) is 4.90 Å². The molecule has 1 aromatic rings. The summed E-state index contributed by atoms with van der Waals surface area (Å²) in [6, 6.07) is 1.80. The van der Waals surface area contributed by atoms with Crippen LogP contribution in [0, 0.1) is 0 Å². The smallest absolute Gasteiger partial charge is 0.341 e. The lowest BCUT2D eigenvalue weighted by atomic mass is 10.2. The average Bonchev–Trinajstić information content (AvgIpc) is 2.89. The molecule has 1 saturated heterocycles. The fourth-order valence-corrected chi connectivity index (χ4v) is 3.85. The topological polar surface area (TPSA) is 67.9 Å². The van der Waals surface area contributed by atoms with Gasteiger partial charge >= 0.3 is 5.97 Å². The van der Waals surface area contributed by atoms with Crippen molar-refractivity contribution in [2.75, 3.05) is 31.6 Å². The third-order valence-corrected chi connectivity index (χ3v) is 4.94. The number of carbonyl (C=O) groups is 2. The van der Waals surface area contributed by atoms with Gasteiger partial charge < -0.3 is 14.8 Å². The lowest BCUT2D eigenvalue weighted by molar-refractivity contribution is -0.121. The number of hydrogen-bond donors (Lipinski definition) is 1. The number of aryl methyl sites for hydroxylation is 1. The number of thiophene rings is 1. The standard InChI is InChI=1S/C17H26N2O4S/c1-5-13-7-14(17(21)22-6-2)16(24-13)18-15(20)10-19-8-11(3)23-12(4)9-19/h7,11-12H,5-6,8-10H2,1-4H3,(H,18,20)/t11-,12-/m1/s1. The first-order chi connectivity index (χ1) is 11.4. The molecule has 0 aromatic carbocycles. The zero-order valence-corrected chi connectivity index (χ0v) is 15.6. The minimum Gasteiger partial charge on any atom is -0.462 e. The fraction of sp³-hybridized carbons (Fsp3) is 0.647. The summed E-state index contributed by atoms with van der Waals surface area (Å²) in [5.74, 6) is -0.510. The predicted octanol–water partition coefficient (Wildman–Crippen LogP) is 2.53. The summed E-state index contributed by atoms with van der Waals surface area (Å²) in [5.41, 5.74) is 0.441. The molecule has 0 saturated carbocycles. The Kier molecular flexibility index (Phi) is 6.77. The quantitative estimate of drug-likeness (QED) is 0.795. The second kappa shape index (κ2) is 8.60. The van der Waals surface area contributed by atoms with Crippen LogP contribution in [0.4, 0.5) is 5.00 Å². The van der Waals surface area contributed by atoms with Gasteiger partial charge in [-0.1, -0.05) is 6.92 Å². The highest BCUT2D eigenvalue weighted by Crippen LogP contribution is 2.29. The molecular formula is C17H26N2O4S. The van der Waals surface area contributed by atoms with Crippen LogP contribution in [0.25, 0.3) is 0 Å². The van der Waals surface area contributed by atoms with Gasteiger partial charge in [0, 0.05) is 18.0 Å². The van der Waals surface area contributed by atoms with Crippen LogP contribution in [-0.2, 0) is 20.7 Å². The first-order valence-corrected chi connectivity index (χ1v) is 9.22. The maximum Gasteiger partial charge on any atom is 0.341 e. The Balaban J connectivity index is 2.02. The van der Waals surface area contributed by atoms with E-state index in [1.165, 1.54) is 11.3 Å². The Bertz CT molecular complexity index is 577. The van der Waals surface area contributed by atoms with Crippen LogP contribution >= 0.6 is 11.3 Å². The van der Waals surface area contributed by atoms with Crippen LogP contribution in [0.1, 0.15) is 42.9 Å². The molecule has 1 amide bonds. The third-order valence-electron chi connectivity index (χ3n) is 3.74. The van der Waals surface area contributed by atoms with Crippen LogP contribution < -0.4 is 5.32 Å². The largest absolute Gasteiger partial charge is 0.462 e. The van der Waals surface area contributed by atoms with E-state index in [2.05, 4.69) is 10.2 Å². The lowest BCUT2D eigenvalue weighted by Gasteiger charge is -2.34. The highest BCUT2D eigenvalue weighted by atomic mass is 32.1. The van der Waals surface area contributed by atoms with Crippen LogP contribution in [0.5, 0.6) is 0 Å². The number of esters is 1. The van der Waals surface area contributed by atoms with Crippen molar-refractivity contribution in [2.45, 2.75) is 46.3 Å². The Morgan fingerprint density at radius 3 is 2.58 bits per heavy atom. The van der Waals surface area contributed by atoms with E-state index in [1.807, 2.05) is 20.8 Å². The van der Waals surface area contributed by atoms with E-state index >= 15 is 0 Å². The normalized spacial score (nSPS) is 21.5. The molecule has 0 radical (unpaired) electrons. The summed E-state index contributed by atoms with van der Waals surface area (Å²) >= 11 is 1.43. The Morgan fingerprint density at radius 1 is 1.33 bits per heavy atom. The van der Waals surface area contributed by atoms with E-state index in [4.69, 9.17) is 9.47 Å². The van der Waals surface area contributed by atoms with Crippen LogP contribution in [-0.4, -0.2) is 55.2 Å². The lowest BCUT2D eigenvalue weighted by Crippen LogP contribution is -2.48. The molecule has 2 rings (SSSR count). The molecule has 2 heterocycles. The molecule has 0 aliphatic carbocycles. The minimum atomic E-state index is -0.391. The van der Waals surface area contributed by atoms with Crippen molar-refractivity contribution < 1.29 is 19.1 Å². The maximum atomic E-state index is 12.4. The van der Waals surface area contributed by atoms with Crippen molar-refractivity contribution in [3.63, 3.8) is 0 Å². The Morgan fingerprint density at radius 2 is 2.00 bits per heavy atom. The monoisotopic (exact) mass is 354 g/mol. The van der Waals surface area contributed by atoms with Crippen molar-refractivity contribution in [2.24, 2.45) is 0 Å². The van der Waals surface area contributed by atoms with Crippen molar-refractivity contribution in [3.8, 4) is 0 Å². The van der Waals surface area contributed by atoms with Gasteiger partial charge in [0.05, 0.1) is 30.9 Å². The molecule has 1 N–H and O–H groups in total. The predicted molar refractivity (Wildman–Crippen MR) is 94.7 cm³/mol. The van der Waals surface area contributed by atoms with Gasteiger partial charge in [0.15, 0.2) is 0 Å². The molecule has 6 nitrogen and oxygen atoms in total. The van der Waals surface area contributed by atoms with E-state index in [9.17, 15) is 9.59 Å². The van der Waals surface area contributed by atoms with E-state index < -0.39 is 5.97 Å². The highest BCUT2D eigenvalue weighted by molar-refractivity contribution is 7.16. The number of anilines is 1.